The maximum absolute atomic E-state index is 11.9. The summed E-state index contributed by atoms with van der Waals surface area (Å²) < 4.78 is 6.99. The Labute approximate surface area is 120 Å². The van der Waals surface area contributed by atoms with Crippen molar-refractivity contribution in [1.29, 1.82) is 0 Å². The van der Waals surface area contributed by atoms with E-state index in [0.717, 1.165) is 21.8 Å². The monoisotopic (exact) mass is 287 g/mol. The summed E-state index contributed by atoms with van der Waals surface area (Å²) in [7, 11) is 1.87. The largest absolute Gasteiger partial charge is 0.401 e. The van der Waals surface area contributed by atoms with Gasteiger partial charge in [-0.3, -0.25) is 4.68 Å². The highest BCUT2D eigenvalue weighted by Crippen LogP contribution is 2.23. The maximum atomic E-state index is 11.9. The molecule has 0 atom stereocenters. The van der Waals surface area contributed by atoms with Gasteiger partial charge in [0.25, 0.3) is 0 Å². The molecule has 0 amide bonds. The van der Waals surface area contributed by atoms with Crippen LogP contribution in [0.2, 0.25) is 0 Å². The van der Waals surface area contributed by atoms with Crippen LogP contribution in [-0.2, 0) is 16.6 Å². The number of ether oxygens (including phenoxy) is 1. The molecule has 0 unspecified atom stereocenters. The zero-order chi connectivity index (χ0) is 14.3. The molecule has 6 heteroatoms. The van der Waals surface area contributed by atoms with Crippen molar-refractivity contribution in [3.05, 3.63) is 45.0 Å². The zero-order valence-corrected chi connectivity index (χ0v) is 12.2. The topological polar surface area (TPSA) is 56.5 Å². The van der Waals surface area contributed by atoms with Gasteiger partial charge in [0.05, 0.1) is 10.6 Å². The lowest BCUT2D eigenvalue weighted by Crippen LogP contribution is -2.03. The number of carbonyl (C=O) groups is 1. The van der Waals surface area contributed by atoms with Crippen molar-refractivity contribution >= 4 is 29.3 Å². The summed E-state index contributed by atoms with van der Waals surface area (Å²) in [5.41, 5.74) is 3.08. The van der Waals surface area contributed by atoms with E-state index in [0.29, 0.717) is 11.6 Å². The molecule has 3 heterocycles. The minimum absolute atomic E-state index is 0.313. The van der Waals surface area contributed by atoms with E-state index in [1.165, 1.54) is 11.3 Å². The fourth-order valence-corrected chi connectivity index (χ4v) is 2.70. The molecule has 5 nitrogen and oxygen atoms in total. The Morgan fingerprint density at radius 1 is 1.40 bits per heavy atom. The molecule has 0 spiro atoms. The quantitative estimate of drug-likeness (QED) is 0.629. The van der Waals surface area contributed by atoms with Crippen LogP contribution in [0.5, 0.6) is 0 Å². The van der Waals surface area contributed by atoms with Gasteiger partial charge >= 0.3 is 5.97 Å². The zero-order valence-electron chi connectivity index (χ0n) is 11.4. The SMILES string of the molecule is Cc1nn(C)c(C)c1C=C1N=C(c2cccs2)OC1=O. The van der Waals surface area contributed by atoms with E-state index in [2.05, 4.69) is 10.1 Å². The molecular formula is C14H13N3O2S. The van der Waals surface area contributed by atoms with Crippen molar-refractivity contribution in [3.63, 3.8) is 0 Å². The maximum Gasteiger partial charge on any atom is 0.363 e. The van der Waals surface area contributed by atoms with E-state index < -0.39 is 5.97 Å². The van der Waals surface area contributed by atoms with Crippen LogP contribution in [0.3, 0.4) is 0 Å². The van der Waals surface area contributed by atoms with Gasteiger partial charge in [-0.1, -0.05) is 6.07 Å². The van der Waals surface area contributed by atoms with Gasteiger partial charge in [0.2, 0.25) is 5.90 Å². The Morgan fingerprint density at radius 2 is 2.20 bits per heavy atom. The Bertz CT molecular complexity index is 739. The predicted octanol–water partition coefficient (Wildman–Crippen LogP) is 2.44. The molecule has 0 bridgehead atoms. The third-order valence-corrected chi connectivity index (χ3v) is 4.06. The third-order valence-electron chi connectivity index (χ3n) is 3.20. The molecule has 0 radical (unpaired) electrons. The standard InChI is InChI=1S/C14H13N3O2S/c1-8-10(9(2)17(3)16-8)7-11-14(18)19-13(15-11)12-5-4-6-20-12/h4-7H,1-3H3. The van der Waals surface area contributed by atoms with Crippen molar-refractivity contribution in [3.8, 4) is 0 Å². The number of hydrogen-bond acceptors (Lipinski definition) is 5. The summed E-state index contributed by atoms with van der Waals surface area (Å²) in [6, 6.07) is 3.77. The summed E-state index contributed by atoms with van der Waals surface area (Å²) in [4.78, 5) is 17.0. The van der Waals surface area contributed by atoms with Crippen LogP contribution < -0.4 is 0 Å². The molecule has 0 saturated heterocycles. The molecule has 2 aromatic heterocycles. The molecule has 0 saturated carbocycles. The third kappa shape index (κ3) is 2.08. The van der Waals surface area contributed by atoms with Gasteiger partial charge in [-0.2, -0.15) is 5.10 Å². The van der Waals surface area contributed by atoms with Crippen LogP contribution in [0.1, 0.15) is 21.8 Å². The van der Waals surface area contributed by atoms with Crippen LogP contribution in [0.15, 0.2) is 28.2 Å². The van der Waals surface area contributed by atoms with Crippen molar-refractivity contribution < 1.29 is 9.53 Å². The number of cyclic esters (lactones) is 1. The Balaban J connectivity index is 2.02. The van der Waals surface area contributed by atoms with Crippen molar-refractivity contribution in [2.75, 3.05) is 0 Å². The van der Waals surface area contributed by atoms with Crippen LogP contribution in [0.25, 0.3) is 6.08 Å². The molecule has 2 aromatic rings. The average Bonchev–Trinajstić information content (AvgIpc) is 3.08. The van der Waals surface area contributed by atoms with Crippen LogP contribution in [0, 0.1) is 13.8 Å². The highest BCUT2D eigenvalue weighted by atomic mass is 32.1. The fraction of sp³-hybridized carbons (Fsp3) is 0.214. The number of hydrogen-bond donors (Lipinski definition) is 0. The molecular weight excluding hydrogens is 274 g/mol. The summed E-state index contributed by atoms with van der Waals surface area (Å²) in [5, 5.41) is 6.24. The van der Waals surface area contributed by atoms with Crippen molar-refractivity contribution in [2.24, 2.45) is 12.0 Å². The molecule has 0 aromatic carbocycles. The first-order chi connectivity index (χ1) is 9.56. The molecule has 1 aliphatic heterocycles. The normalized spacial score (nSPS) is 16.6. The van der Waals surface area contributed by atoms with Crippen molar-refractivity contribution in [1.82, 2.24) is 9.78 Å². The van der Waals surface area contributed by atoms with E-state index in [9.17, 15) is 4.79 Å². The highest BCUT2D eigenvalue weighted by Gasteiger charge is 2.25. The lowest BCUT2D eigenvalue weighted by Gasteiger charge is -1.95. The minimum atomic E-state index is -0.420. The first-order valence-corrected chi connectivity index (χ1v) is 7.01. The number of nitrogens with zero attached hydrogens (tertiary/aromatic N) is 3. The summed E-state index contributed by atoms with van der Waals surface area (Å²) >= 11 is 1.49. The number of aliphatic imine (C=N–C) groups is 1. The smallest absolute Gasteiger partial charge is 0.363 e. The average molecular weight is 287 g/mol. The molecule has 0 fully saturated rings. The van der Waals surface area contributed by atoms with E-state index in [1.54, 1.807) is 10.8 Å². The minimum Gasteiger partial charge on any atom is -0.401 e. The van der Waals surface area contributed by atoms with E-state index in [4.69, 9.17) is 4.74 Å². The second-order valence-electron chi connectivity index (χ2n) is 4.52. The summed E-state index contributed by atoms with van der Waals surface area (Å²) in [5.74, 6) is -0.0495. The van der Waals surface area contributed by atoms with Gasteiger partial charge in [0.1, 0.15) is 0 Å². The Morgan fingerprint density at radius 3 is 2.80 bits per heavy atom. The van der Waals surface area contributed by atoms with Crippen LogP contribution in [0.4, 0.5) is 0 Å². The molecule has 0 aliphatic carbocycles. The first kappa shape index (κ1) is 12.8. The van der Waals surface area contributed by atoms with E-state index in [-0.39, 0.29) is 0 Å². The molecule has 3 rings (SSSR count). The van der Waals surface area contributed by atoms with Gasteiger partial charge < -0.3 is 4.74 Å². The first-order valence-electron chi connectivity index (χ1n) is 6.13. The Hall–Kier alpha value is -2.21. The number of esters is 1. The molecule has 102 valence electrons. The van der Waals surface area contributed by atoms with Gasteiger partial charge in [-0.15, -0.1) is 11.3 Å². The lowest BCUT2D eigenvalue weighted by molar-refractivity contribution is -0.129. The van der Waals surface area contributed by atoms with Crippen molar-refractivity contribution in [2.45, 2.75) is 13.8 Å². The number of thiophene rings is 1. The highest BCUT2D eigenvalue weighted by molar-refractivity contribution is 7.12. The number of rotatable bonds is 2. The molecule has 0 N–H and O–H groups in total. The second kappa shape index (κ2) is 4.72. The number of aryl methyl sites for hydroxylation is 2. The van der Waals surface area contributed by atoms with Gasteiger partial charge in [0, 0.05) is 18.3 Å². The number of carbonyl (C=O) groups excluding carboxylic acids is 1. The Kier molecular flexibility index (Phi) is 3.02. The predicted molar refractivity (Wildman–Crippen MR) is 77.6 cm³/mol. The summed E-state index contributed by atoms with van der Waals surface area (Å²) in [6.45, 7) is 3.86. The van der Waals surface area contributed by atoms with Gasteiger partial charge in [-0.05, 0) is 31.4 Å². The summed E-state index contributed by atoms with van der Waals surface area (Å²) in [6.07, 6.45) is 1.74. The van der Waals surface area contributed by atoms with Gasteiger partial charge in [-0.25, -0.2) is 9.79 Å². The van der Waals surface area contributed by atoms with Gasteiger partial charge in [0.15, 0.2) is 5.70 Å². The van der Waals surface area contributed by atoms with E-state index in [1.807, 2.05) is 38.4 Å². The van der Waals surface area contributed by atoms with Crippen LogP contribution >= 0.6 is 11.3 Å². The number of aromatic nitrogens is 2. The molecule has 20 heavy (non-hydrogen) atoms. The molecule has 1 aliphatic rings. The van der Waals surface area contributed by atoms with Crippen LogP contribution in [-0.4, -0.2) is 21.6 Å². The lowest BCUT2D eigenvalue weighted by atomic mass is 10.1. The van der Waals surface area contributed by atoms with E-state index >= 15 is 0 Å². The second-order valence-corrected chi connectivity index (χ2v) is 5.47. The fourth-order valence-electron chi connectivity index (χ4n) is 2.05.